The maximum atomic E-state index is 13.1. The lowest BCUT2D eigenvalue weighted by Gasteiger charge is -2.21. The van der Waals surface area contributed by atoms with Gasteiger partial charge in [-0.15, -0.1) is 0 Å². The molecule has 0 heterocycles. The van der Waals surface area contributed by atoms with E-state index in [-0.39, 0.29) is 25.7 Å². The highest BCUT2D eigenvalue weighted by atomic mass is 31.2. The highest BCUT2D eigenvalue weighted by Gasteiger charge is 2.30. The molecule has 0 spiro atoms. The lowest BCUT2D eigenvalue weighted by atomic mass is 9.99. The van der Waals surface area contributed by atoms with Crippen LogP contribution in [0.25, 0.3) is 0 Å². The van der Waals surface area contributed by atoms with Gasteiger partial charge in [-0.2, -0.15) is 0 Å². The van der Waals surface area contributed by atoms with E-state index >= 15 is 0 Å². The Bertz CT molecular complexity index is 2030. The van der Waals surface area contributed by atoms with Gasteiger partial charge in [0.2, 0.25) is 0 Å². The zero-order chi connectivity index (χ0) is 77.2. The quantitative estimate of drug-likeness (QED) is 0.0222. The fourth-order valence-corrected chi connectivity index (χ4v) is 14.9. The molecule has 0 bridgehead atoms. The number of ether oxygens (including phenoxy) is 4. The number of unbranched alkanes of at least 4 members (excludes halogenated alkanes) is 51. The molecule has 6 atom stereocenters. The summed E-state index contributed by atoms with van der Waals surface area (Å²) in [5.74, 6) is 0.230. The Morgan fingerprint density at radius 2 is 0.486 bits per heavy atom. The third-order valence-corrected chi connectivity index (χ3v) is 22.4. The molecule has 0 saturated carbocycles. The summed E-state index contributed by atoms with van der Waals surface area (Å²) in [6, 6.07) is 0. The van der Waals surface area contributed by atoms with Crippen molar-refractivity contribution in [2.45, 2.75) is 471 Å². The van der Waals surface area contributed by atoms with Crippen LogP contribution in [-0.2, 0) is 65.4 Å². The smallest absolute Gasteiger partial charge is 0.462 e. The van der Waals surface area contributed by atoms with Gasteiger partial charge in [-0.05, 0) is 43.4 Å². The van der Waals surface area contributed by atoms with E-state index in [0.29, 0.717) is 31.6 Å². The number of esters is 4. The van der Waals surface area contributed by atoms with Crippen LogP contribution in [0, 0.1) is 17.8 Å². The van der Waals surface area contributed by atoms with Gasteiger partial charge < -0.3 is 33.8 Å². The zero-order valence-corrected chi connectivity index (χ0v) is 71.0. The first kappa shape index (κ1) is 103. The Morgan fingerprint density at radius 3 is 0.724 bits per heavy atom. The van der Waals surface area contributed by atoms with Crippen molar-refractivity contribution in [3.8, 4) is 0 Å². The highest BCUT2D eigenvalue weighted by molar-refractivity contribution is 7.47. The van der Waals surface area contributed by atoms with Gasteiger partial charge in [0, 0.05) is 25.7 Å². The van der Waals surface area contributed by atoms with E-state index in [2.05, 4.69) is 48.5 Å². The van der Waals surface area contributed by atoms with Gasteiger partial charge in [-0.3, -0.25) is 37.3 Å². The van der Waals surface area contributed by atoms with Crippen molar-refractivity contribution < 1.29 is 80.2 Å². The summed E-state index contributed by atoms with van der Waals surface area (Å²) in [5.41, 5.74) is 0. The van der Waals surface area contributed by atoms with Crippen molar-refractivity contribution in [2.24, 2.45) is 17.8 Å². The summed E-state index contributed by atoms with van der Waals surface area (Å²) in [6.45, 7) is 12.0. The molecule has 3 unspecified atom stereocenters. The van der Waals surface area contributed by atoms with Crippen LogP contribution in [0.2, 0.25) is 0 Å². The molecule has 0 radical (unpaired) electrons. The summed E-state index contributed by atoms with van der Waals surface area (Å²) in [6.07, 6.45) is 66.8. The zero-order valence-electron chi connectivity index (χ0n) is 69.2. The third-order valence-electron chi connectivity index (χ3n) is 20.5. The average molecular weight is 1540 g/mol. The molecule has 3 N–H and O–H groups in total. The minimum atomic E-state index is -4.97. The maximum absolute atomic E-state index is 13.1. The monoisotopic (exact) mass is 1540 g/mol. The fourth-order valence-electron chi connectivity index (χ4n) is 13.3. The molecular formula is C86H168O17P2. The molecule has 19 heteroatoms. The number of phosphoric acid groups is 2. The third kappa shape index (κ3) is 78.5. The number of aliphatic hydroxyl groups is 1. The molecule has 0 rings (SSSR count). The lowest BCUT2D eigenvalue weighted by Crippen LogP contribution is -2.30. The second-order valence-corrected chi connectivity index (χ2v) is 35.0. The molecule has 0 aromatic carbocycles. The Labute approximate surface area is 645 Å². The minimum Gasteiger partial charge on any atom is -0.462 e. The van der Waals surface area contributed by atoms with Gasteiger partial charge >= 0.3 is 39.5 Å². The van der Waals surface area contributed by atoms with Crippen molar-refractivity contribution in [1.29, 1.82) is 0 Å². The normalized spacial score (nSPS) is 14.1. The molecule has 0 aromatic heterocycles. The lowest BCUT2D eigenvalue weighted by molar-refractivity contribution is -0.161. The molecule has 0 aromatic rings. The summed E-state index contributed by atoms with van der Waals surface area (Å²) in [5, 5.41) is 10.7. The van der Waals surface area contributed by atoms with Crippen LogP contribution in [0.4, 0.5) is 0 Å². The SMILES string of the molecule is CCCCCCCCCCCCCCCCCCCCC(=O)OC[C@H](COP(=O)(O)OC[C@@H](O)COP(=O)(O)OC[C@@H](COC(=O)CCCCCCCCC(C)C)OC(=O)CCCCCCCCCCCCCCCC(C)C)OC(=O)CCCCCCCCCCCCCCCCCCCCC(C)CC. The molecule has 0 amide bonds. The van der Waals surface area contributed by atoms with Gasteiger partial charge in [0.25, 0.3) is 0 Å². The molecule has 624 valence electrons. The largest absolute Gasteiger partial charge is 0.472 e. The number of rotatable bonds is 84. The predicted molar refractivity (Wildman–Crippen MR) is 432 cm³/mol. The molecule has 0 aliphatic carbocycles. The van der Waals surface area contributed by atoms with Crippen LogP contribution in [-0.4, -0.2) is 96.7 Å². The van der Waals surface area contributed by atoms with Crippen LogP contribution in [0.3, 0.4) is 0 Å². The summed E-state index contributed by atoms with van der Waals surface area (Å²) in [7, 11) is -9.93. The first-order valence-corrected chi connectivity index (χ1v) is 47.4. The predicted octanol–water partition coefficient (Wildman–Crippen LogP) is 26.1. The summed E-state index contributed by atoms with van der Waals surface area (Å²) >= 11 is 0. The van der Waals surface area contributed by atoms with Crippen LogP contribution in [0.15, 0.2) is 0 Å². The second-order valence-electron chi connectivity index (χ2n) is 32.1. The Morgan fingerprint density at radius 1 is 0.276 bits per heavy atom. The Hall–Kier alpha value is -1.94. The molecular weight excluding hydrogens is 1370 g/mol. The van der Waals surface area contributed by atoms with Gasteiger partial charge in [0.1, 0.15) is 19.3 Å². The van der Waals surface area contributed by atoms with E-state index in [9.17, 15) is 43.2 Å². The van der Waals surface area contributed by atoms with Crippen molar-refractivity contribution in [3.63, 3.8) is 0 Å². The fraction of sp³-hybridized carbons (Fsp3) is 0.953. The van der Waals surface area contributed by atoms with Crippen LogP contribution in [0.1, 0.15) is 453 Å². The summed E-state index contributed by atoms with van der Waals surface area (Å²) in [4.78, 5) is 73.2. The maximum Gasteiger partial charge on any atom is 0.472 e. The highest BCUT2D eigenvalue weighted by Crippen LogP contribution is 2.45. The average Bonchev–Trinajstić information content (AvgIpc) is 0.912. The van der Waals surface area contributed by atoms with E-state index in [4.69, 9.17) is 37.0 Å². The van der Waals surface area contributed by atoms with E-state index in [1.165, 1.54) is 257 Å². The molecule has 0 aliphatic heterocycles. The van der Waals surface area contributed by atoms with E-state index in [1.807, 2.05) is 0 Å². The van der Waals surface area contributed by atoms with Crippen LogP contribution >= 0.6 is 15.6 Å². The Balaban J connectivity index is 5.21. The first-order chi connectivity index (χ1) is 50.8. The molecule has 0 saturated heterocycles. The van der Waals surface area contributed by atoms with Crippen molar-refractivity contribution in [3.05, 3.63) is 0 Å². The molecule has 0 aliphatic rings. The second kappa shape index (κ2) is 76.1. The van der Waals surface area contributed by atoms with Crippen molar-refractivity contribution >= 4 is 39.5 Å². The number of carbonyl (C=O) groups is 4. The van der Waals surface area contributed by atoms with Crippen LogP contribution < -0.4 is 0 Å². The number of aliphatic hydroxyl groups excluding tert-OH is 1. The standard InChI is InChI=1S/C86H168O17P2/c1-8-10-11-12-13-14-15-16-17-18-22-25-30-35-40-45-53-60-67-83(88)96-73-81(102-85(90)69-62-55-46-41-36-31-26-23-20-19-21-24-29-34-39-44-52-59-66-79(7)9-2)75-100-104(92,93)98-71-80(87)72-99-105(94,95)101-76-82(74-97-84(89)68-61-54-49-48-51-58-65-78(5)6)103-86(91)70-63-56-47-42-37-32-27-28-33-38-43-50-57-64-77(3)4/h77-82,87H,8-76H2,1-7H3,(H,92,93)(H,94,95)/t79?,80-,81-,82-/m1/s1. The number of hydrogen-bond acceptors (Lipinski definition) is 15. The van der Waals surface area contributed by atoms with Crippen molar-refractivity contribution in [1.82, 2.24) is 0 Å². The van der Waals surface area contributed by atoms with Crippen molar-refractivity contribution in [2.75, 3.05) is 39.6 Å². The van der Waals surface area contributed by atoms with E-state index < -0.39 is 97.5 Å². The Kier molecular flexibility index (Phi) is 74.7. The molecule has 17 nitrogen and oxygen atoms in total. The van der Waals surface area contributed by atoms with Gasteiger partial charge in [-0.1, -0.05) is 402 Å². The topological polar surface area (TPSA) is 237 Å². The van der Waals surface area contributed by atoms with E-state index in [0.717, 1.165) is 108 Å². The minimum absolute atomic E-state index is 0.106. The molecule has 105 heavy (non-hydrogen) atoms. The number of carbonyl (C=O) groups excluding carboxylic acids is 4. The number of hydrogen-bond donors (Lipinski definition) is 3. The summed E-state index contributed by atoms with van der Waals surface area (Å²) < 4.78 is 68.8. The first-order valence-electron chi connectivity index (χ1n) is 44.4. The van der Waals surface area contributed by atoms with Gasteiger partial charge in [0.05, 0.1) is 26.4 Å². The van der Waals surface area contributed by atoms with E-state index in [1.54, 1.807) is 0 Å². The number of phosphoric ester groups is 2. The van der Waals surface area contributed by atoms with Gasteiger partial charge in [-0.25, -0.2) is 9.13 Å². The molecule has 0 fully saturated rings. The van der Waals surface area contributed by atoms with Gasteiger partial charge in [0.15, 0.2) is 12.2 Å². The van der Waals surface area contributed by atoms with Crippen LogP contribution in [0.5, 0.6) is 0 Å².